The number of unbranched alkanes of at least 4 members (excludes halogenated alkanes) is 1. The normalized spacial score (nSPS) is 11.0. The summed E-state index contributed by atoms with van der Waals surface area (Å²) in [7, 11) is 6.51. The molecule has 0 amide bonds. The van der Waals surface area contributed by atoms with Gasteiger partial charge in [-0.2, -0.15) is 0 Å². The van der Waals surface area contributed by atoms with Crippen molar-refractivity contribution in [3.05, 3.63) is 64.2 Å². The molecule has 0 spiro atoms. The summed E-state index contributed by atoms with van der Waals surface area (Å²) in [5.74, 6) is 0.946. The van der Waals surface area contributed by atoms with E-state index in [0.29, 0.717) is 6.61 Å². The molecule has 2 aromatic rings. The fraction of sp³-hybridized carbons (Fsp3) is 0.381. The van der Waals surface area contributed by atoms with Gasteiger partial charge in [-0.1, -0.05) is 12.1 Å². The molecule has 2 aromatic carbocycles. The van der Waals surface area contributed by atoms with Crippen molar-refractivity contribution in [2.45, 2.75) is 19.4 Å². The number of nitro benzene ring substituents is 1. The van der Waals surface area contributed by atoms with E-state index in [2.05, 4.69) is 21.1 Å². The van der Waals surface area contributed by atoms with Crippen LogP contribution in [0.3, 0.4) is 0 Å². The summed E-state index contributed by atoms with van der Waals surface area (Å²) in [6.07, 6.45) is 1.22. The first-order valence-electron chi connectivity index (χ1n) is 9.34. The van der Waals surface area contributed by atoms with Crippen molar-refractivity contribution in [3.63, 3.8) is 0 Å². The summed E-state index contributed by atoms with van der Waals surface area (Å²) >= 11 is 0. The molecule has 156 valence electrons. The third-order valence-corrected chi connectivity index (χ3v) is 4.02. The summed E-state index contributed by atoms with van der Waals surface area (Å²) in [6.45, 7) is 1.82. The molecule has 2 rings (SSSR count). The van der Waals surface area contributed by atoms with E-state index < -0.39 is 11.1 Å². The molecule has 0 atom stereocenters. The van der Waals surface area contributed by atoms with Crippen molar-refractivity contribution in [3.8, 4) is 11.5 Å². The molecule has 0 saturated heterocycles. The van der Waals surface area contributed by atoms with Crippen molar-refractivity contribution in [2.75, 3.05) is 34.3 Å². The zero-order valence-electron chi connectivity index (χ0n) is 17.0. The van der Waals surface area contributed by atoms with Crippen LogP contribution in [0.5, 0.6) is 11.5 Å². The third-order valence-electron chi connectivity index (χ3n) is 4.02. The molecule has 0 fully saturated rings. The average Bonchev–Trinajstić information content (AvgIpc) is 2.66. The topological polar surface area (TPSA) is 87.9 Å². The molecule has 0 bridgehead atoms. The lowest BCUT2D eigenvalue weighted by Crippen LogP contribution is -2.35. The van der Waals surface area contributed by atoms with Gasteiger partial charge in [-0.15, -0.1) is 0 Å². The number of carbonyl (C=O) groups excluding carboxylic acids is 1. The van der Waals surface area contributed by atoms with Gasteiger partial charge in [0.25, 0.3) is 5.69 Å². The number of carbonyl (C=O) groups is 1. The predicted molar refractivity (Wildman–Crippen MR) is 108 cm³/mol. The van der Waals surface area contributed by atoms with Gasteiger partial charge in [-0.05, 0) is 42.7 Å². The number of rotatable bonds is 10. The van der Waals surface area contributed by atoms with Gasteiger partial charge in [-0.25, -0.2) is 4.79 Å². The number of nitrogens with zero attached hydrogens (tertiary/aromatic N) is 2. The molecule has 8 nitrogen and oxygen atoms in total. The number of non-ortho nitro benzene ring substituents is 1. The van der Waals surface area contributed by atoms with E-state index in [1.54, 1.807) is 0 Å². The number of nitro groups is 1. The second-order valence-corrected chi connectivity index (χ2v) is 7.61. The smallest absolute Gasteiger partial charge is 0.494 e. The first kappa shape index (κ1) is 22.2. The molecular weight excluding hydrogens is 376 g/mol. The summed E-state index contributed by atoms with van der Waals surface area (Å²) in [4.78, 5) is 21.8. The first-order chi connectivity index (χ1) is 13.7. The van der Waals surface area contributed by atoms with Crippen molar-refractivity contribution in [1.29, 1.82) is 0 Å². The number of hydrogen-bond acceptors (Lipinski definition) is 6. The lowest BCUT2D eigenvalue weighted by Gasteiger charge is -2.23. The summed E-state index contributed by atoms with van der Waals surface area (Å²) in [5, 5.41) is 10.6. The van der Waals surface area contributed by atoms with Gasteiger partial charge in [0, 0.05) is 12.1 Å². The highest BCUT2D eigenvalue weighted by Gasteiger charge is 2.10. The van der Waals surface area contributed by atoms with Gasteiger partial charge >= 0.3 is 6.16 Å². The van der Waals surface area contributed by atoms with Gasteiger partial charge in [0.05, 0.1) is 39.2 Å². The molecule has 0 radical (unpaired) electrons. The Balaban J connectivity index is 1.69. The minimum absolute atomic E-state index is 0.0512. The van der Waals surface area contributed by atoms with Gasteiger partial charge < -0.3 is 18.7 Å². The molecule has 0 N–H and O–H groups in total. The van der Waals surface area contributed by atoms with E-state index in [9.17, 15) is 14.9 Å². The van der Waals surface area contributed by atoms with Crippen molar-refractivity contribution in [1.82, 2.24) is 0 Å². The molecule has 0 aliphatic rings. The highest BCUT2D eigenvalue weighted by Crippen LogP contribution is 2.18. The second kappa shape index (κ2) is 10.4. The molecule has 8 heteroatoms. The quantitative estimate of drug-likeness (QED) is 0.148. The van der Waals surface area contributed by atoms with Gasteiger partial charge in [0.15, 0.2) is 0 Å². The maximum Gasteiger partial charge on any atom is 0.514 e. The summed E-state index contributed by atoms with van der Waals surface area (Å²) in [5.41, 5.74) is 0.712. The molecule has 0 heterocycles. The van der Waals surface area contributed by atoms with Crippen molar-refractivity contribution >= 4 is 11.8 Å². The van der Waals surface area contributed by atoms with Crippen LogP contribution in [0, 0.1) is 10.1 Å². The predicted octanol–water partition coefficient (Wildman–Crippen LogP) is 4.18. The molecule has 0 unspecified atom stereocenters. The van der Waals surface area contributed by atoms with E-state index in [-0.39, 0.29) is 18.0 Å². The number of benzene rings is 2. The molecule has 0 aliphatic heterocycles. The summed E-state index contributed by atoms with van der Waals surface area (Å²) < 4.78 is 16.7. The second-order valence-electron chi connectivity index (χ2n) is 7.61. The molecular formula is C21H27N2O6+. The fourth-order valence-electron chi connectivity index (χ4n) is 2.46. The van der Waals surface area contributed by atoms with Crippen LogP contribution in [0.4, 0.5) is 10.5 Å². The van der Waals surface area contributed by atoms with E-state index in [1.165, 1.54) is 24.3 Å². The van der Waals surface area contributed by atoms with Gasteiger partial charge in [0.2, 0.25) is 0 Å². The van der Waals surface area contributed by atoms with Gasteiger partial charge in [-0.3, -0.25) is 10.1 Å². The van der Waals surface area contributed by atoms with Crippen molar-refractivity contribution < 1.29 is 28.4 Å². The SMILES string of the molecule is C[N+](C)(C)CCCCOc1ccc(COC(=O)Oc2ccc([N+](=O)[O-])cc2)cc1. The molecule has 0 aliphatic carbocycles. The largest absolute Gasteiger partial charge is 0.514 e. The lowest BCUT2D eigenvalue weighted by molar-refractivity contribution is -0.870. The Kier molecular flexibility index (Phi) is 7.97. The maximum absolute atomic E-state index is 11.7. The Morgan fingerprint density at radius 2 is 1.59 bits per heavy atom. The zero-order chi connectivity index (χ0) is 21.3. The minimum Gasteiger partial charge on any atom is -0.494 e. The van der Waals surface area contributed by atoms with Crippen LogP contribution < -0.4 is 9.47 Å². The summed E-state index contributed by atoms with van der Waals surface area (Å²) in [6, 6.07) is 12.5. The van der Waals surface area contributed by atoms with Crippen LogP contribution in [0.1, 0.15) is 18.4 Å². The number of hydrogen-bond donors (Lipinski definition) is 0. The highest BCUT2D eigenvalue weighted by molar-refractivity contribution is 5.64. The molecule has 0 aromatic heterocycles. The molecule has 0 saturated carbocycles. The zero-order valence-corrected chi connectivity index (χ0v) is 17.0. The van der Waals surface area contributed by atoms with E-state index in [4.69, 9.17) is 14.2 Å². The Hall–Kier alpha value is -3.13. The minimum atomic E-state index is -0.878. The molecule has 29 heavy (non-hydrogen) atoms. The Bertz CT molecular complexity index is 797. The van der Waals surface area contributed by atoms with Crippen LogP contribution in [0.2, 0.25) is 0 Å². The van der Waals surface area contributed by atoms with Crippen LogP contribution >= 0.6 is 0 Å². The van der Waals surface area contributed by atoms with Crippen molar-refractivity contribution in [2.24, 2.45) is 0 Å². The third kappa shape index (κ3) is 8.61. The van der Waals surface area contributed by atoms with Crippen LogP contribution in [0.15, 0.2) is 48.5 Å². The monoisotopic (exact) mass is 403 g/mol. The van der Waals surface area contributed by atoms with Crippen LogP contribution in [0.25, 0.3) is 0 Å². The van der Waals surface area contributed by atoms with Crippen LogP contribution in [-0.4, -0.2) is 49.9 Å². The average molecular weight is 403 g/mol. The van der Waals surface area contributed by atoms with E-state index in [1.807, 2.05) is 24.3 Å². The standard InChI is InChI=1S/C21H27N2O6/c1-23(2,3)14-4-5-15-27-19-10-6-17(7-11-19)16-28-21(24)29-20-12-8-18(9-13-20)22(25)26/h6-13H,4-5,14-16H2,1-3H3/q+1. The van der Waals surface area contributed by atoms with E-state index >= 15 is 0 Å². The Morgan fingerprint density at radius 3 is 2.17 bits per heavy atom. The number of ether oxygens (including phenoxy) is 3. The Morgan fingerprint density at radius 1 is 0.966 bits per heavy atom. The fourth-order valence-corrected chi connectivity index (χ4v) is 2.46. The van der Waals surface area contributed by atoms with Crippen LogP contribution in [-0.2, 0) is 11.3 Å². The maximum atomic E-state index is 11.7. The number of quaternary nitrogens is 1. The lowest BCUT2D eigenvalue weighted by atomic mass is 10.2. The Labute approximate surface area is 170 Å². The highest BCUT2D eigenvalue weighted by atomic mass is 16.7. The first-order valence-corrected chi connectivity index (χ1v) is 9.34. The van der Waals surface area contributed by atoms with Gasteiger partial charge in [0.1, 0.15) is 18.1 Å². The van der Waals surface area contributed by atoms with E-state index in [0.717, 1.165) is 35.2 Å².